The maximum absolute atomic E-state index is 12.6. The minimum atomic E-state index is -0.721. The summed E-state index contributed by atoms with van der Waals surface area (Å²) in [5, 5.41) is 9.23. The molecule has 1 N–H and O–H groups in total. The van der Waals surface area contributed by atoms with Crippen LogP contribution < -0.4 is 0 Å². The van der Waals surface area contributed by atoms with Gasteiger partial charge in [-0.3, -0.25) is 0 Å². The molecule has 68 valence electrons. The van der Waals surface area contributed by atoms with Crippen molar-refractivity contribution in [3.05, 3.63) is 0 Å². The van der Waals surface area contributed by atoms with Crippen molar-refractivity contribution in [2.75, 3.05) is 0 Å². The predicted molar refractivity (Wildman–Crippen MR) is 45.3 cm³/mol. The third-order valence-corrected chi connectivity index (χ3v) is 1.88. The Morgan fingerprint density at radius 2 is 1.82 bits per heavy atom. The van der Waals surface area contributed by atoms with Crippen molar-refractivity contribution in [2.24, 2.45) is 0 Å². The molecular formula is C9H19FO. The molecule has 0 bridgehead atoms. The van der Waals surface area contributed by atoms with Crippen LogP contribution in [-0.2, 0) is 0 Å². The number of rotatable bonds is 6. The molecule has 1 nitrogen and oxygen atoms in total. The monoisotopic (exact) mass is 162 g/mol. The lowest BCUT2D eigenvalue weighted by Crippen LogP contribution is -2.09. The van der Waals surface area contributed by atoms with Crippen molar-refractivity contribution in [1.29, 1.82) is 0 Å². The van der Waals surface area contributed by atoms with Gasteiger partial charge in [0.1, 0.15) is 0 Å². The molecule has 0 rings (SSSR count). The van der Waals surface area contributed by atoms with Crippen LogP contribution in [0.15, 0.2) is 0 Å². The van der Waals surface area contributed by atoms with E-state index in [1.54, 1.807) is 0 Å². The average molecular weight is 162 g/mol. The molecule has 2 unspecified atom stereocenters. The minimum absolute atomic E-state index is 0.287. The first kappa shape index (κ1) is 10.9. The fourth-order valence-electron chi connectivity index (χ4n) is 1.05. The highest BCUT2D eigenvalue weighted by molar-refractivity contribution is 4.59. The van der Waals surface area contributed by atoms with E-state index < -0.39 is 6.17 Å². The highest BCUT2D eigenvalue weighted by Crippen LogP contribution is 2.10. The van der Waals surface area contributed by atoms with Crippen molar-refractivity contribution in [1.82, 2.24) is 0 Å². The molecule has 0 aliphatic rings. The van der Waals surface area contributed by atoms with Crippen LogP contribution in [0.1, 0.15) is 46.0 Å². The Balaban J connectivity index is 3.22. The molecule has 0 radical (unpaired) electrons. The van der Waals surface area contributed by atoms with Crippen LogP contribution in [0.25, 0.3) is 0 Å². The summed E-state index contributed by atoms with van der Waals surface area (Å²) in [6, 6.07) is 0. The van der Waals surface area contributed by atoms with Gasteiger partial charge in [0.25, 0.3) is 0 Å². The summed E-state index contributed by atoms with van der Waals surface area (Å²) in [5.74, 6) is 0. The van der Waals surface area contributed by atoms with E-state index in [0.29, 0.717) is 19.3 Å². The second-order valence-electron chi connectivity index (χ2n) is 3.03. The lowest BCUT2D eigenvalue weighted by atomic mass is 10.1. The average Bonchev–Trinajstić information content (AvgIpc) is 2.01. The summed E-state index contributed by atoms with van der Waals surface area (Å²) in [6.07, 6.45) is 2.46. The predicted octanol–water partition coefficient (Wildman–Crippen LogP) is 2.68. The summed E-state index contributed by atoms with van der Waals surface area (Å²) in [4.78, 5) is 0. The Hall–Kier alpha value is -0.110. The van der Waals surface area contributed by atoms with Crippen LogP contribution in [0, 0.1) is 0 Å². The standard InChI is InChI=1S/C9H19FO/c1-3-5-9(11)7-6-8(10)4-2/h8-9,11H,3-7H2,1-2H3. The smallest absolute Gasteiger partial charge is 0.1000 e. The summed E-state index contributed by atoms with van der Waals surface area (Å²) < 4.78 is 12.6. The van der Waals surface area contributed by atoms with Gasteiger partial charge < -0.3 is 5.11 Å². The highest BCUT2D eigenvalue weighted by Gasteiger charge is 2.07. The molecule has 0 spiro atoms. The van der Waals surface area contributed by atoms with E-state index in [9.17, 15) is 9.50 Å². The molecule has 0 aromatic heterocycles. The Labute approximate surface area is 68.6 Å². The van der Waals surface area contributed by atoms with Crippen LogP contribution >= 0.6 is 0 Å². The molecule has 0 amide bonds. The zero-order chi connectivity index (χ0) is 8.69. The SMILES string of the molecule is CCCC(O)CCC(F)CC. The molecule has 0 saturated carbocycles. The summed E-state index contributed by atoms with van der Waals surface area (Å²) in [5.41, 5.74) is 0. The van der Waals surface area contributed by atoms with Gasteiger partial charge in [-0.25, -0.2) is 4.39 Å². The third kappa shape index (κ3) is 6.29. The van der Waals surface area contributed by atoms with E-state index in [-0.39, 0.29) is 6.10 Å². The van der Waals surface area contributed by atoms with Gasteiger partial charge in [-0.15, -0.1) is 0 Å². The summed E-state index contributed by atoms with van der Waals surface area (Å²) in [7, 11) is 0. The zero-order valence-electron chi connectivity index (χ0n) is 7.52. The van der Waals surface area contributed by atoms with E-state index in [0.717, 1.165) is 12.8 Å². The third-order valence-electron chi connectivity index (χ3n) is 1.88. The number of alkyl halides is 1. The van der Waals surface area contributed by atoms with Crippen molar-refractivity contribution >= 4 is 0 Å². The van der Waals surface area contributed by atoms with Gasteiger partial charge in [0, 0.05) is 0 Å². The maximum atomic E-state index is 12.6. The fraction of sp³-hybridized carbons (Fsp3) is 1.00. The Bertz CT molecular complexity index is 85.6. The molecule has 0 aliphatic carbocycles. The quantitative estimate of drug-likeness (QED) is 0.636. The number of hydrogen-bond donors (Lipinski definition) is 1. The minimum Gasteiger partial charge on any atom is -0.393 e. The van der Waals surface area contributed by atoms with Crippen LogP contribution in [-0.4, -0.2) is 17.4 Å². The lowest BCUT2D eigenvalue weighted by Gasteiger charge is -2.10. The molecule has 0 heterocycles. The van der Waals surface area contributed by atoms with Crippen LogP contribution in [0.3, 0.4) is 0 Å². The molecular weight excluding hydrogens is 143 g/mol. The molecule has 11 heavy (non-hydrogen) atoms. The van der Waals surface area contributed by atoms with E-state index in [2.05, 4.69) is 0 Å². The molecule has 2 heteroatoms. The molecule has 0 aromatic carbocycles. The lowest BCUT2D eigenvalue weighted by molar-refractivity contribution is 0.137. The van der Waals surface area contributed by atoms with E-state index in [1.165, 1.54) is 0 Å². The fourth-order valence-corrected chi connectivity index (χ4v) is 1.05. The number of aliphatic hydroxyl groups excluding tert-OH is 1. The van der Waals surface area contributed by atoms with Crippen molar-refractivity contribution in [3.63, 3.8) is 0 Å². The van der Waals surface area contributed by atoms with E-state index >= 15 is 0 Å². The van der Waals surface area contributed by atoms with Gasteiger partial charge >= 0.3 is 0 Å². The second-order valence-corrected chi connectivity index (χ2v) is 3.03. The van der Waals surface area contributed by atoms with Gasteiger partial charge in [-0.05, 0) is 25.7 Å². The van der Waals surface area contributed by atoms with Gasteiger partial charge in [0.2, 0.25) is 0 Å². The molecule has 2 atom stereocenters. The van der Waals surface area contributed by atoms with Crippen LogP contribution in [0.4, 0.5) is 4.39 Å². The Morgan fingerprint density at radius 1 is 1.18 bits per heavy atom. The number of aliphatic hydroxyl groups is 1. The maximum Gasteiger partial charge on any atom is 0.1000 e. The van der Waals surface area contributed by atoms with Crippen molar-refractivity contribution in [2.45, 2.75) is 58.2 Å². The normalized spacial score (nSPS) is 16.4. The molecule has 0 saturated heterocycles. The van der Waals surface area contributed by atoms with Crippen molar-refractivity contribution in [3.8, 4) is 0 Å². The first-order chi connectivity index (χ1) is 5.20. The number of halogens is 1. The number of hydrogen-bond acceptors (Lipinski definition) is 1. The molecule has 0 fully saturated rings. The molecule has 0 aliphatic heterocycles. The van der Waals surface area contributed by atoms with Crippen LogP contribution in [0.5, 0.6) is 0 Å². The van der Waals surface area contributed by atoms with E-state index in [4.69, 9.17) is 0 Å². The van der Waals surface area contributed by atoms with Gasteiger partial charge in [0.15, 0.2) is 0 Å². The highest BCUT2D eigenvalue weighted by atomic mass is 19.1. The zero-order valence-corrected chi connectivity index (χ0v) is 7.52. The Morgan fingerprint density at radius 3 is 2.27 bits per heavy atom. The first-order valence-electron chi connectivity index (χ1n) is 4.52. The largest absolute Gasteiger partial charge is 0.393 e. The summed E-state index contributed by atoms with van der Waals surface area (Å²) in [6.45, 7) is 3.85. The first-order valence-corrected chi connectivity index (χ1v) is 4.52. The van der Waals surface area contributed by atoms with Crippen molar-refractivity contribution < 1.29 is 9.50 Å². The van der Waals surface area contributed by atoms with Gasteiger partial charge in [-0.2, -0.15) is 0 Å². The molecule has 0 aromatic rings. The van der Waals surface area contributed by atoms with Gasteiger partial charge in [0.05, 0.1) is 12.3 Å². The topological polar surface area (TPSA) is 20.2 Å². The van der Waals surface area contributed by atoms with Crippen LogP contribution in [0.2, 0.25) is 0 Å². The Kier molecular flexibility index (Phi) is 6.52. The second kappa shape index (κ2) is 6.59. The van der Waals surface area contributed by atoms with E-state index in [1.807, 2.05) is 13.8 Å². The summed E-state index contributed by atoms with van der Waals surface area (Å²) >= 11 is 0. The van der Waals surface area contributed by atoms with Gasteiger partial charge in [-0.1, -0.05) is 20.3 Å².